The van der Waals surface area contributed by atoms with Crippen LogP contribution in [-0.2, 0) is 0 Å². The first-order valence-electron chi connectivity index (χ1n) is 8.52. The van der Waals surface area contributed by atoms with Crippen LogP contribution in [-0.4, -0.2) is 87.8 Å². The van der Waals surface area contributed by atoms with Gasteiger partial charge in [-0.3, -0.25) is 4.90 Å². The van der Waals surface area contributed by atoms with Crippen LogP contribution in [0, 0.1) is 5.92 Å². The molecule has 0 saturated carbocycles. The summed E-state index contributed by atoms with van der Waals surface area (Å²) in [5.74, 6) is 0.854. The van der Waals surface area contributed by atoms with Crippen molar-refractivity contribution in [2.75, 3.05) is 72.0 Å². The van der Waals surface area contributed by atoms with Gasteiger partial charge < -0.3 is 20.9 Å². The van der Waals surface area contributed by atoms with Gasteiger partial charge >= 0.3 is 0 Å². The zero-order valence-corrected chi connectivity index (χ0v) is 12.7. The Morgan fingerprint density at radius 2 is 1.60 bits per heavy atom. The Balaban J connectivity index is 1.57. The third-order valence-electron chi connectivity index (χ3n) is 5.14. The second-order valence-electron chi connectivity index (χ2n) is 6.51. The molecule has 116 valence electrons. The van der Waals surface area contributed by atoms with Crippen molar-refractivity contribution in [1.29, 1.82) is 0 Å². The van der Waals surface area contributed by atoms with Crippen LogP contribution < -0.4 is 16.0 Å². The average Bonchev–Trinajstić information content (AvgIpc) is 2.78. The normalized spacial score (nSPS) is 34.8. The van der Waals surface area contributed by atoms with Crippen LogP contribution in [0.3, 0.4) is 0 Å². The van der Waals surface area contributed by atoms with Crippen molar-refractivity contribution in [3.8, 4) is 0 Å². The Morgan fingerprint density at radius 1 is 0.800 bits per heavy atom. The number of piperazine rings is 1. The van der Waals surface area contributed by atoms with E-state index in [1.54, 1.807) is 0 Å². The van der Waals surface area contributed by atoms with Gasteiger partial charge in [-0.15, -0.1) is 0 Å². The number of rotatable bonds is 3. The van der Waals surface area contributed by atoms with Crippen LogP contribution in [0.25, 0.3) is 0 Å². The molecule has 2 atom stereocenters. The van der Waals surface area contributed by atoms with Gasteiger partial charge in [0.05, 0.1) is 0 Å². The molecule has 5 nitrogen and oxygen atoms in total. The number of hydrogen-bond acceptors (Lipinski definition) is 5. The summed E-state index contributed by atoms with van der Waals surface area (Å²) in [4.78, 5) is 5.43. The molecule has 0 bridgehead atoms. The van der Waals surface area contributed by atoms with Gasteiger partial charge in [0.1, 0.15) is 0 Å². The van der Waals surface area contributed by atoms with E-state index in [-0.39, 0.29) is 0 Å². The average molecular weight is 281 g/mol. The molecule has 3 rings (SSSR count). The molecule has 0 amide bonds. The lowest BCUT2D eigenvalue weighted by Crippen LogP contribution is -2.56. The van der Waals surface area contributed by atoms with Crippen molar-refractivity contribution in [2.45, 2.75) is 18.9 Å². The molecule has 3 saturated heterocycles. The minimum Gasteiger partial charge on any atom is -0.315 e. The molecule has 0 spiro atoms. The van der Waals surface area contributed by atoms with E-state index < -0.39 is 0 Å². The summed E-state index contributed by atoms with van der Waals surface area (Å²) in [6, 6.07) is 0.749. The predicted molar refractivity (Wildman–Crippen MR) is 83.1 cm³/mol. The highest BCUT2D eigenvalue weighted by Gasteiger charge is 2.31. The monoisotopic (exact) mass is 281 g/mol. The fourth-order valence-corrected chi connectivity index (χ4v) is 3.96. The zero-order chi connectivity index (χ0) is 13.6. The maximum Gasteiger partial charge on any atom is 0.0262 e. The summed E-state index contributed by atoms with van der Waals surface area (Å²) < 4.78 is 0. The zero-order valence-electron chi connectivity index (χ0n) is 12.7. The highest BCUT2D eigenvalue weighted by molar-refractivity contribution is 4.89. The molecule has 5 heteroatoms. The van der Waals surface area contributed by atoms with E-state index >= 15 is 0 Å². The van der Waals surface area contributed by atoms with E-state index in [9.17, 15) is 0 Å². The van der Waals surface area contributed by atoms with Crippen LogP contribution in [0.15, 0.2) is 0 Å². The molecule has 3 aliphatic heterocycles. The van der Waals surface area contributed by atoms with Crippen molar-refractivity contribution in [1.82, 2.24) is 25.8 Å². The molecular weight excluding hydrogens is 250 g/mol. The van der Waals surface area contributed by atoms with Crippen molar-refractivity contribution >= 4 is 0 Å². The molecule has 20 heavy (non-hydrogen) atoms. The SMILES string of the molecule is C1CNCCN(C2CNCCC2CN2CCNCC2)C1. The molecular formula is C15H31N5. The summed E-state index contributed by atoms with van der Waals surface area (Å²) in [6.45, 7) is 13.4. The van der Waals surface area contributed by atoms with Crippen molar-refractivity contribution in [2.24, 2.45) is 5.92 Å². The second-order valence-corrected chi connectivity index (χ2v) is 6.51. The van der Waals surface area contributed by atoms with Gasteiger partial charge in [0.25, 0.3) is 0 Å². The Kier molecular flexibility index (Phi) is 5.67. The largest absolute Gasteiger partial charge is 0.315 e. The smallest absolute Gasteiger partial charge is 0.0262 e. The molecule has 0 aliphatic carbocycles. The second kappa shape index (κ2) is 7.71. The van der Waals surface area contributed by atoms with Gasteiger partial charge in [-0.1, -0.05) is 0 Å². The van der Waals surface area contributed by atoms with Crippen molar-refractivity contribution in [3.05, 3.63) is 0 Å². The molecule has 3 fully saturated rings. The Hall–Kier alpha value is -0.200. The van der Waals surface area contributed by atoms with Crippen LogP contribution in [0.1, 0.15) is 12.8 Å². The fourth-order valence-electron chi connectivity index (χ4n) is 3.96. The first-order chi connectivity index (χ1) is 9.93. The highest BCUT2D eigenvalue weighted by Crippen LogP contribution is 2.20. The molecule has 2 unspecified atom stereocenters. The third-order valence-corrected chi connectivity index (χ3v) is 5.14. The molecule has 0 radical (unpaired) electrons. The minimum absolute atomic E-state index is 0.749. The fraction of sp³-hybridized carbons (Fsp3) is 1.00. The van der Waals surface area contributed by atoms with Crippen LogP contribution in [0.4, 0.5) is 0 Å². The van der Waals surface area contributed by atoms with Gasteiger partial charge in [0.2, 0.25) is 0 Å². The van der Waals surface area contributed by atoms with E-state index in [1.807, 2.05) is 0 Å². The van der Waals surface area contributed by atoms with E-state index in [2.05, 4.69) is 25.8 Å². The topological polar surface area (TPSA) is 42.6 Å². The molecule has 3 heterocycles. The third kappa shape index (κ3) is 3.92. The quantitative estimate of drug-likeness (QED) is 0.630. The Bertz CT molecular complexity index is 271. The van der Waals surface area contributed by atoms with E-state index in [1.165, 1.54) is 78.3 Å². The molecule has 3 N–H and O–H groups in total. The van der Waals surface area contributed by atoms with E-state index in [4.69, 9.17) is 0 Å². The summed E-state index contributed by atoms with van der Waals surface area (Å²) in [7, 11) is 0. The van der Waals surface area contributed by atoms with E-state index in [0.29, 0.717) is 0 Å². The molecule has 3 aliphatic rings. The molecule has 0 aromatic rings. The lowest BCUT2D eigenvalue weighted by atomic mass is 9.90. The number of nitrogens with zero attached hydrogens (tertiary/aromatic N) is 2. The van der Waals surface area contributed by atoms with Crippen LogP contribution >= 0.6 is 0 Å². The van der Waals surface area contributed by atoms with Gasteiger partial charge in [0, 0.05) is 58.4 Å². The number of nitrogens with one attached hydrogen (secondary N) is 3. The predicted octanol–water partition coefficient (Wildman–Crippen LogP) is -0.835. The lowest BCUT2D eigenvalue weighted by molar-refractivity contribution is 0.0861. The maximum atomic E-state index is 3.63. The molecule has 0 aromatic carbocycles. The lowest BCUT2D eigenvalue weighted by Gasteiger charge is -2.42. The van der Waals surface area contributed by atoms with Gasteiger partial charge in [-0.25, -0.2) is 0 Å². The summed E-state index contributed by atoms with van der Waals surface area (Å²) in [5, 5.41) is 10.6. The molecule has 0 aromatic heterocycles. The highest BCUT2D eigenvalue weighted by atomic mass is 15.2. The first kappa shape index (κ1) is 14.7. The number of piperidine rings is 1. The maximum absolute atomic E-state index is 3.63. The minimum atomic E-state index is 0.749. The van der Waals surface area contributed by atoms with Gasteiger partial charge in [-0.2, -0.15) is 0 Å². The van der Waals surface area contributed by atoms with Gasteiger partial charge in [0.15, 0.2) is 0 Å². The summed E-state index contributed by atoms with van der Waals surface area (Å²) >= 11 is 0. The number of hydrogen-bond donors (Lipinski definition) is 3. The Morgan fingerprint density at radius 3 is 2.50 bits per heavy atom. The van der Waals surface area contributed by atoms with Crippen LogP contribution in [0.2, 0.25) is 0 Å². The summed E-state index contributed by atoms with van der Waals surface area (Å²) in [5.41, 5.74) is 0. The van der Waals surface area contributed by atoms with Crippen molar-refractivity contribution < 1.29 is 0 Å². The van der Waals surface area contributed by atoms with Crippen LogP contribution in [0.5, 0.6) is 0 Å². The van der Waals surface area contributed by atoms with Crippen molar-refractivity contribution in [3.63, 3.8) is 0 Å². The summed E-state index contributed by atoms with van der Waals surface area (Å²) in [6.07, 6.45) is 2.65. The Labute approximate surface area is 123 Å². The van der Waals surface area contributed by atoms with E-state index in [0.717, 1.165) is 18.5 Å². The first-order valence-corrected chi connectivity index (χ1v) is 8.52. The van der Waals surface area contributed by atoms with Gasteiger partial charge in [-0.05, 0) is 38.4 Å². The standard InChI is InChI=1S/C15H31N5/c1-3-16-7-11-20(8-1)15-12-18-4-2-14(15)13-19-9-5-17-6-10-19/h14-18H,1-13H2.